The maximum Gasteiger partial charge on any atom is 0.237 e. The fourth-order valence-electron chi connectivity index (χ4n) is 2.36. The van der Waals surface area contributed by atoms with Crippen molar-refractivity contribution >= 4 is 18.3 Å². The molecule has 124 valence electrons. The van der Waals surface area contributed by atoms with Crippen molar-refractivity contribution in [1.82, 2.24) is 10.6 Å². The van der Waals surface area contributed by atoms with Crippen LogP contribution >= 0.6 is 12.4 Å². The highest BCUT2D eigenvalue weighted by Gasteiger charge is 2.19. The summed E-state index contributed by atoms with van der Waals surface area (Å²) in [5, 5.41) is 6.18. The van der Waals surface area contributed by atoms with E-state index in [4.69, 9.17) is 4.74 Å². The van der Waals surface area contributed by atoms with E-state index in [0.717, 1.165) is 38.6 Å². The number of nitrogens with one attached hydrogen (secondary N) is 2. The van der Waals surface area contributed by atoms with E-state index in [-0.39, 0.29) is 30.2 Å². The van der Waals surface area contributed by atoms with Gasteiger partial charge in [0, 0.05) is 6.54 Å². The van der Waals surface area contributed by atoms with Crippen molar-refractivity contribution in [2.75, 3.05) is 19.7 Å². The van der Waals surface area contributed by atoms with Crippen LogP contribution in [0.15, 0.2) is 24.3 Å². The molecule has 1 aliphatic rings. The molecule has 2 N–H and O–H groups in total. The summed E-state index contributed by atoms with van der Waals surface area (Å²) in [5.74, 6) is 0.516. The molecule has 1 unspecified atom stereocenters. The van der Waals surface area contributed by atoms with Gasteiger partial charge in [0.2, 0.25) is 5.91 Å². The second kappa shape index (κ2) is 10.4. The molecular weight excluding hydrogens is 307 g/mol. The summed E-state index contributed by atoms with van der Waals surface area (Å²) in [5.41, 5.74) is 0. The van der Waals surface area contributed by atoms with E-state index in [1.807, 2.05) is 0 Å². The van der Waals surface area contributed by atoms with Crippen LogP contribution in [0.3, 0.4) is 0 Å². The predicted molar refractivity (Wildman–Crippen MR) is 87.0 cm³/mol. The van der Waals surface area contributed by atoms with Crippen LogP contribution in [-0.4, -0.2) is 31.6 Å². The molecule has 0 spiro atoms. The lowest BCUT2D eigenvalue weighted by Gasteiger charge is -2.22. The smallest absolute Gasteiger partial charge is 0.237 e. The van der Waals surface area contributed by atoms with Crippen LogP contribution < -0.4 is 15.4 Å². The number of unbranched alkanes of at least 4 members (excludes halogenated alkanes) is 1. The Morgan fingerprint density at radius 2 is 2.05 bits per heavy atom. The standard InChI is InChI=1S/C16H23FN2O2.ClH/c17-13-6-8-14(9-7-13)21-12-4-3-11-19-16(20)15-5-1-2-10-18-15;/h6-9,15,18H,1-5,10-12H2,(H,19,20);1H. The molecule has 22 heavy (non-hydrogen) atoms. The molecule has 4 nitrogen and oxygen atoms in total. The topological polar surface area (TPSA) is 50.4 Å². The first-order valence-electron chi connectivity index (χ1n) is 7.65. The van der Waals surface area contributed by atoms with E-state index in [1.54, 1.807) is 12.1 Å². The summed E-state index contributed by atoms with van der Waals surface area (Å²) in [6.45, 7) is 2.18. The van der Waals surface area contributed by atoms with Gasteiger partial charge in [0.25, 0.3) is 0 Å². The van der Waals surface area contributed by atoms with Crippen molar-refractivity contribution in [2.45, 2.75) is 38.1 Å². The van der Waals surface area contributed by atoms with Gasteiger partial charge < -0.3 is 15.4 Å². The quantitative estimate of drug-likeness (QED) is 0.756. The summed E-state index contributed by atoms with van der Waals surface area (Å²) in [4.78, 5) is 11.8. The number of rotatable bonds is 7. The minimum Gasteiger partial charge on any atom is -0.494 e. The zero-order chi connectivity index (χ0) is 14.9. The van der Waals surface area contributed by atoms with E-state index in [1.165, 1.54) is 12.1 Å². The molecule has 0 radical (unpaired) electrons. The monoisotopic (exact) mass is 330 g/mol. The lowest BCUT2D eigenvalue weighted by Crippen LogP contribution is -2.46. The van der Waals surface area contributed by atoms with E-state index in [2.05, 4.69) is 10.6 Å². The Hall–Kier alpha value is -1.33. The van der Waals surface area contributed by atoms with Gasteiger partial charge in [-0.15, -0.1) is 12.4 Å². The number of carbonyl (C=O) groups is 1. The molecular formula is C16H24ClFN2O2. The summed E-state index contributed by atoms with van der Waals surface area (Å²) in [7, 11) is 0. The number of piperidine rings is 1. The molecule has 1 fully saturated rings. The molecule has 1 amide bonds. The van der Waals surface area contributed by atoms with Gasteiger partial charge in [-0.3, -0.25) is 4.79 Å². The third kappa shape index (κ3) is 6.62. The van der Waals surface area contributed by atoms with Gasteiger partial charge in [0.05, 0.1) is 12.6 Å². The minimum absolute atomic E-state index is 0. The van der Waals surface area contributed by atoms with Crippen LogP contribution in [0, 0.1) is 5.82 Å². The maximum absolute atomic E-state index is 12.7. The highest BCUT2D eigenvalue weighted by Crippen LogP contribution is 2.11. The van der Waals surface area contributed by atoms with Crippen molar-refractivity contribution in [2.24, 2.45) is 0 Å². The lowest BCUT2D eigenvalue weighted by molar-refractivity contribution is -0.123. The molecule has 1 saturated heterocycles. The van der Waals surface area contributed by atoms with Gasteiger partial charge in [-0.25, -0.2) is 4.39 Å². The molecule has 0 aliphatic carbocycles. The molecule has 0 saturated carbocycles. The highest BCUT2D eigenvalue weighted by atomic mass is 35.5. The summed E-state index contributed by atoms with van der Waals surface area (Å²) < 4.78 is 18.2. The van der Waals surface area contributed by atoms with Gasteiger partial charge in [0.1, 0.15) is 11.6 Å². The average Bonchev–Trinajstić information content (AvgIpc) is 2.53. The normalized spacial score (nSPS) is 17.4. The number of hydrogen-bond donors (Lipinski definition) is 2. The summed E-state index contributed by atoms with van der Waals surface area (Å²) in [6.07, 6.45) is 4.94. The number of benzene rings is 1. The third-order valence-electron chi connectivity index (χ3n) is 3.58. The van der Waals surface area contributed by atoms with Crippen LogP contribution in [0.2, 0.25) is 0 Å². The first kappa shape index (κ1) is 18.7. The molecule has 1 aromatic carbocycles. The third-order valence-corrected chi connectivity index (χ3v) is 3.58. The number of amides is 1. The van der Waals surface area contributed by atoms with Crippen molar-refractivity contribution in [3.8, 4) is 5.75 Å². The summed E-state index contributed by atoms with van der Waals surface area (Å²) >= 11 is 0. The predicted octanol–water partition coefficient (Wildman–Crippen LogP) is 2.66. The van der Waals surface area contributed by atoms with Crippen LogP contribution in [0.4, 0.5) is 4.39 Å². The Labute approximate surface area is 137 Å². The van der Waals surface area contributed by atoms with E-state index >= 15 is 0 Å². The summed E-state index contributed by atoms with van der Waals surface area (Å²) in [6, 6.07) is 5.98. The van der Waals surface area contributed by atoms with Gasteiger partial charge in [-0.1, -0.05) is 6.42 Å². The van der Waals surface area contributed by atoms with Crippen molar-refractivity contribution in [3.05, 3.63) is 30.1 Å². The first-order chi connectivity index (χ1) is 10.3. The van der Waals surface area contributed by atoms with E-state index in [9.17, 15) is 9.18 Å². The zero-order valence-electron chi connectivity index (χ0n) is 12.6. The number of carbonyl (C=O) groups excluding carboxylic acids is 1. The average molecular weight is 331 g/mol. The fraction of sp³-hybridized carbons (Fsp3) is 0.562. The van der Waals surface area contributed by atoms with Gasteiger partial charge >= 0.3 is 0 Å². The molecule has 1 atom stereocenters. The number of halogens is 2. The lowest BCUT2D eigenvalue weighted by atomic mass is 10.0. The van der Waals surface area contributed by atoms with Gasteiger partial charge in [0.15, 0.2) is 0 Å². The van der Waals surface area contributed by atoms with Gasteiger partial charge in [-0.05, 0) is 56.5 Å². The Morgan fingerprint density at radius 3 is 2.73 bits per heavy atom. The molecule has 0 bridgehead atoms. The van der Waals surface area contributed by atoms with Crippen molar-refractivity contribution in [1.29, 1.82) is 0 Å². The molecule has 1 aliphatic heterocycles. The second-order valence-corrected chi connectivity index (χ2v) is 5.30. The molecule has 1 aromatic rings. The van der Waals surface area contributed by atoms with Crippen LogP contribution in [-0.2, 0) is 4.79 Å². The molecule has 2 rings (SSSR count). The Morgan fingerprint density at radius 1 is 1.27 bits per heavy atom. The SMILES string of the molecule is Cl.O=C(NCCCCOc1ccc(F)cc1)C1CCCCN1. The van der Waals surface area contributed by atoms with Crippen molar-refractivity contribution < 1.29 is 13.9 Å². The number of hydrogen-bond acceptors (Lipinski definition) is 3. The van der Waals surface area contributed by atoms with Crippen LogP contribution in [0.5, 0.6) is 5.75 Å². The second-order valence-electron chi connectivity index (χ2n) is 5.30. The number of ether oxygens (including phenoxy) is 1. The van der Waals surface area contributed by atoms with Crippen LogP contribution in [0.1, 0.15) is 32.1 Å². The minimum atomic E-state index is -0.263. The molecule has 1 heterocycles. The first-order valence-corrected chi connectivity index (χ1v) is 7.65. The van der Waals surface area contributed by atoms with Gasteiger partial charge in [-0.2, -0.15) is 0 Å². The van der Waals surface area contributed by atoms with Crippen molar-refractivity contribution in [3.63, 3.8) is 0 Å². The fourth-order valence-corrected chi connectivity index (χ4v) is 2.36. The van der Waals surface area contributed by atoms with E-state index < -0.39 is 0 Å². The Kier molecular flexibility index (Phi) is 8.85. The Bertz CT molecular complexity index is 436. The maximum atomic E-state index is 12.7. The van der Waals surface area contributed by atoms with E-state index in [0.29, 0.717) is 18.9 Å². The largest absolute Gasteiger partial charge is 0.494 e. The Balaban J connectivity index is 0.00000242. The molecule has 0 aromatic heterocycles. The molecule has 6 heteroatoms. The highest BCUT2D eigenvalue weighted by molar-refractivity contribution is 5.85. The van der Waals surface area contributed by atoms with Crippen LogP contribution in [0.25, 0.3) is 0 Å². The zero-order valence-corrected chi connectivity index (χ0v) is 13.5.